The smallest absolute Gasteiger partial charge is 0.193 e. The summed E-state index contributed by atoms with van der Waals surface area (Å²) in [6.45, 7) is 4.73. The maximum Gasteiger partial charge on any atom is 0.193 e. The van der Waals surface area contributed by atoms with Gasteiger partial charge >= 0.3 is 0 Å². The molecule has 0 unspecified atom stereocenters. The quantitative estimate of drug-likeness (QED) is 0.496. The predicted molar refractivity (Wildman–Crippen MR) is 100 cm³/mol. The highest BCUT2D eigenvalue weighted by Crippen LogP contribution is 2.22. The lowest BCUT2D eigenvalue weighted by Gasteiger charge is -2.14. The highest BCUT2D eigenvalue weighted by atomic mass is 15.1. The van der Waals surface area contributed by atoms with Gasteiger partial charge in [-0.3, -0.25) is 0 Å². The Morgan fingerprint density at radius 2 is 1.88 bits per heavy atom. The largest absolute Gasteiger partial charge is 0.370 e. The molecule has 24 heavy (non-hydrogen) atoms. The molecular weight excluding hydrogens is 298 g/mol. The van der Waals surface area contributed by atoms with E-state index in [0.29, 0.717) is 12.5 Å². The Bertz CT molecular complexity index is 841. The van der Waals surface area contributed by atoms with Crippen molar-refractivity contribution in [3.8, 4) is 0 Å². The first-order valence-corrected chi connectivity index (χ1v) is 8.32. The summed E-state index contributed by atoms with van der Waals surface area (Å²) >= 11 is 0. The number of benzene rings is 1. The molecule has 0 bridgehead atoms. The van der Waals surface area contributed by atoms with Crippen molar-refractivity contribution in [2.75, 3.05) is 5.32 Å². The minimum atomic E-state index is 0.416. The molecule has 2 aromatic heterocycles. The SMILES string of the molecule is CCc1cccc(CC)c1NC(N)=NCc1ccc2cc[nH]c2n1. The van der Waals surface area contributed by atoms with Crippen molar-refractivity contribution in [3.63, 3.8) is 0 Å². The van der Waals surface area contributed by atoms with E-state index in [1.54, 1.807) is 0 Å². The van der Waals surface area contributed by atoms with E-state index in [4.69, 9.17) is 5.73 Å². The summed E-state index contributed by atoms with van der Waals surface area (Å²) in [6.07, 6.45) is 3.79. The van der Waals surface area contributed by atoms with Gasteiger partial charge in [-0.05, 0) is 42.2 Å². The fourth-order valence-corrected chi connectivity index (χ4v) is 2.80. The monoisotopic (exact) mass is 321 g/mol. The van der Waals surface area contributed by atoms with Crippen LogP contribution in [0.15, 0.2) is 47.6 Å². The lowest BCUT2D eigenvalue weighted by atomic mass is 10.0. The number of aliphatic imine (C=N–C) groups is 1. The zero-order chi connectivity index (χ0) is 16.9. The molecule has 0 fully saturated rings. The number of aromatic amines is 1. The van der Waals surface area contributed by atoms with E-state index in [1.165, 1.54) is 11.1 Å². The van der Waals surface area contributed by atoms with Gasteiger partial charge in [0.1, 0.15) is 5.65 Å². The van der Waals surface area contributed by atoms with Crippen molar-refractivity contribution < 1.29 is 0 Å². The summed E-state index contributed by atoms with van der Waals surface area (Å²) in [5.74, 6) is 0.416. The predicted octanol–water partition coefficient (Wildman–Crippen LogP) is 3.61. The number of fused-ring (bicyclic) bond motifs is 1. The zero-order valence-corrected chi connectivity index (χ0v) is 14.1. The molecule has 0 radical (unpaired) electrons. The second-order valence-corrected chi connectivity index (χ2v) is 5.70. The average Bonchev–Trinajstić information content (AvgIpc) is 3.07. The van der Waals surface area contributed by atoms with Gasteiger partial charge in [0, 0.05) is 17.3 Å². The Morgan fingerprint density at radius 1 is 1.12 bits per heavy atom. The Labute approximate surface area is 142 Å². The van der Waals surface area contributed by atoms with Gasteiger partial charge in [-0.2, -0.15) is 0 Å². The molecule has 0 amide bonds. The lowest BCUT2D eigenvalue weighted by molar-refractivity contribution is 0.994. The Kier molecular flexibility index (Phi) is 4.79. The number of hydrogen-bond acceptors (Lipinski definition) is 2. The minimum absolute atomic E-state index is 0.416. The van der Waals surface area contributed by atoms with Crippen molar-refractivity contribution >= 4 is 22.7 Å². The molecule has 4 N–H and O–H groups in total. The number of guanidine groups is 1. The first kappa shape index (κ1) is 16.1. The van der Waals surface area contributed by atoms with Crippen LogP contribution in [0.5, 0.6) is 0 Å². The fraction of sp³-hybridized carbons (Fsp3) is 0.263. The van der Waals surface area contributed by atoms with E-state index in [1.807, 2.05) is 24.4 Å². The summed E-state index contributed by atoms with van der Waals surface area (Å²) in [6, 6.07) is 12.3. The molecule has 5 nitrogen and oxygen atoms in total. The van der Waals surface area contributed by atoms with Crippen molar-refractivity contribution in [1.29, 1.82) is 0 Å². The fourth-order valence-electron chi connectivity index (χ4n) is 2.80. The first-order valence-electron chi connectivity index (χ1n) is 8.32. The maximum absolute atomic E-state index is 6.10. The van der Waals surface area contributed by atoms with E-state index in [9.17, 15) is 0 Å². The molecule has 5 heteroatoms. The Hall–Kier alpha value is -2.82. The summed E-state index contributed by atoms with van der Waals surface area (Å²) in [7, 11) is 0. The number of anilines is 1. The number of para-hydroxylation sites is 1. The van der Waals surface area contributed by atoms with E-state index >= 15 is 0 Å². The van der Waals surface area contributed by atoms with Gasteiger partial charge in [-0.25, -0.2) is 9.98 Å². The number of H-pyrrole nitrogens is 1. The van der Waals surface area contributed by atoms with Gasteiger partial charge in [-0.1, -0.05) is 32.0 Å². The van der Waals surface area contributed by atoms with Crippen LogP contribution >= 0.6 is 0 Å². The summed E-state index contributed by atoms with van der Waals surface area (Å²) in [4.78, 5) is 12.1. The third kappa shape index (κ3) is 3.40. The highest BCUT2D eigenvalue weighted by Gasteiger charge is 2.07. The maximum atomic E-state index is 6.10. The molecule has 3 aromatic rings. The third-order valence-electron chi connectivity index (χ3n) is 4.13. The van der Waals surface area contributed by atoms with Gasteiger partial charge in [-0.15, -0.1) is 0 Å². The summed E-state index contributed by atoms with van der Waals surface area (Å²) < 4.78 is 0. The molecule has 0 aliphatic heterocycles. The topological polar surface area (TPSA) is 79.1 Å². The summed E-state index contributed by atoms with van der Waals surface area (Å²) in [5, 5.41) is 4.37. The van der Waals surface area contributed by atoms with Crippen LogP contribution in [0.4, 0.5) is 5.69 Å². The number of nitrogens with one attached hydrogen (secondary N) is 2. The molecule has 0 saturated heterocycles. The molecule has 0 aliphatic carbocycles. The van der Waals surface area contributed by atoms with Crippen LogP contribution < -0.4 is 11.1 Å². The van der Waals surface area contributed by atoms with Gasteiger partial charge < -0.3 is 16.0 Å². The zero-order valence-electron chi connectivity index (χ0n) is 14.1. The number of hydrogen-bond donors (Lipinski definition) is 3. The van der Waals surface area contributed by atoms with Crippen molar-refractivity contribution in [2.24, 2.45) is 10.7 Å². The molecule has 0 saturated carbocycles. The Morgan fingerprint density at radius 3 is 2.58 bits per heavy atom. The van der Waals surface area contributed by atoms with Gasteiger partial charge in [0.05, 0.1) is 12.2 Å². The number of nitrogens with two attached hydrogens (primary N) is 1. The van der Waals surface area contributed by atoms with Crippen molar-refractivity contribution in [3.05, 3.63) is 59.4 Å². The van der Waals surface area contributed by atoms with Gasteiger partial charge in [0.2, 0.25) is 0 Å². The molecule has 3 rings (SSSR count). The molecule has 2 heterocycles. The summed E-state index contributed by atoms with van der Waals surface area (Å²) in [5.41, 5.74) is 11.4. The number of aryl methyl sites for hydroxylation is 2. The van der Waals surface area contributed by atoms with E-state index < -0.39 is 0 Å². The van der Waals surface area contributed by atoms with Crippen LogP contribution in [0.3, 0.4) is 0 Å². The second kappa shape index (κ2) is 7.17. The van der Waals surface area contributed by atoms with Crippen molar-refractivity contribution in [2.45, 2.75) is 33.2 Å². The molecule has 0 spiro atoms. The number of aromatic nitrogens is 2. The van der Waals surface area contributed by atoms with Crippen LogP contribution in [0, 0.1) is 0 Å². The molecule has 0 aliphatic rings. The van der Waals surface area contributed by atoms with Crippen LogP contribution in [-0.2, 0) is 19.4 Å². The third-order valence-corrected chi connectivity index (χ3v) is 4.13. The number of nitrogens with zero attached hydrogens (tertiary/aromatic N) is 2. The first-order chi connectivity index (χ1) is 11.7. The standard InChI is InChI=1S/C19H23N5/c1-3-13-6-5-7-14(4-2)17(13)24-19(20)22-12-16-9-8-15-10-11-21-18(15)23-16/h5-11H,3-4,12H2,1-2H3,(H,21,23)(H3,20,22,24). The number of rotatable bonds is 5. The molecular formula is C19H23N5. The van der Waals surface area contributed by atoms with Gasteiger partial charge in [0.15, 0.2) is 5.96 Å². The van der Waals surface area contributed by atoms with Gasteiger partial charge in [0.25, 0.3) is 0 Å². The van der Waals surface area contributed by atoms with Crippen LogP contribution in [0.2, 0.25) is 0 Å². The van der Waals surface area contributed by atoms with Crippen LogP contribution in [0.1, 0.15) is 30.7 Å². The normalized spacial score (nSPS) is 11.8. The highest BCUT2D eigenvalue weighted by molar-refractivity contribution is 5.93. The average molecular weight is 321 g/mol. The number of pyridine rings is 1. The van der Waals surface area contributed by atoms with Crippen molar-refractivity contribution in [1.82, 2.24) is 9.97 Å². The second-order valence-electron chi connectivity index (χ2n) is 5.70. The molecule has 1 aromatic carbocycles. The Balaban J connectivity index is 1.77. The molecule has 0 atom stereocenters. The minimum Gasteiger partial charge on any atom is -0.370 e. The van der Waals surface area contributed by atoms with E-state index in [2.05, 4.69) is 52.3 Å². The lowest BCUT2D eigenvalue weighted by Crippen LogP contribution is -2.24. The van der Waals surface area contributed by atoms with Crippen LogP contribution in [0.25, 0.3) is 11.0 Å². The van der Waals surface area contributed by atoms with E-state index in [-0.39, 0.29) is 0 Å². The molecule has 124 valence electrons. The van der Waals surface area contributed by atoms with E-state index in [0.717, 1.165) is 35.3 Å². The van der Waals surface area contributed by atoms with Crippen LogP contribution in [-0.4, -0.2) is 15.9 Å².